The lowest BCUT2D eigenvalue weighted by Crippen LogP contribution is -2.20. The van der Waals surface area contributed by atoms with E-state index in [2.05, 4.69) is 35.6 Å². The van der Waals surface area contributed by atoms with Gasteiger partial charge in [0.25, 0.3) is 5.91 Å². The topological polar surface area (TPSA) is 105 Å². The normalized spacial score (nSPS) is 11.3. The average molecular weight is 389 g/mol. The van der Waals surface area contributed by atoms with E-state index in [1.54, 1.807) is 31.7 Å². The van der Waals surface area contributed by atoms with Gasteiger partial charge in [0.1, 0.15) is 12.1 Å². The Morgan fingerprint density at radius 1 is 1.14 bits per heavy atom. The third kappa shape index (κ3) is 4.43. The van der Waals surface area contributed by atoms with Crippen LogP contribution in [0.25, 0.3) is 0 Å². The Morgan fingerprint density at radius 3 is 2.52 bits per heavy atom. The molecule has 0 fully saturated rings. The molecule has 0 radical (unpaired) electrons. The molecule has 0 aliphatic rings. The van der Waals surface area contributed by atoms with Gasteiger partial charge in [-0.15, -0.1) is 0 Å². The van der Waals surface area contributed by atoms with Crippen LogP contribution >= 0.6 is 0 Å². The largest absolute Gasteiger partial charge is 0.337 e. The molecule has 3 rings (SSSR count). The van der Waals surface area contributed by atoms with Gasteiger partial charge in [-0.1, -0.05) is 0 Å². The first-order valence-electron chi connectivity index (χ1n) is 9.11. The molecule has 0 saturated carbocycles. The second-order valence-electron chi connectivity index (χ2n) is 6.64. The number of hydrogen-bond acceptors (Lipinski definition) is 7. The first-order chi connectivity index (χ1) is 13.9. The quantitative estimate of drug-likeness (QED) is 0.646. The molecule has 148 valence electrons. The van der Waals surface area contributed by atoms with Crippen molar-refractivity contribution in [2.24, 2.45) is 4.99 Å². The number of rotatable bonds is 5. The molecule has 0 aliphatic carbocycles. The van der Waals surface area contributed by atoms with E-state index >= 15 is 0 Å². The maximum atomic E-state index is 13.2. The van der Waals surface area contributed by atoms with E-state index < -0.39 is 0 Å². The summed E-state index contributed by atoms with van der Waals surface area (Å²) in [5.74, 6) is 0.271. The highest BCUT2D eigenvalue weighted by molar-refractivity contribution is 6.16. The van der Waals surface area contributed by atoms with E-state index in [-0.39, 0.29) is 5.91 Å². The molecule has 3 aromatic heterocycles. The second-order valence-corrected chi connectivity index (χ2v) is 6.64. The number of aryl methyl sites for hydroxylation is 3. The molecule has 0 aromatic carbocycles. The van der Waals surface area contributed by atoms with E-state index in [9.17, 15) is 4.79 Å². The van der Waals surface area contributed by atoms with Crippen LogP contribution in [0.5, 0.6) is 0 Å². The maximum Gasteiger partial charge on any atom is 0.256 e. The summed E-state index contributed by atoms with van der Waals surface area (Å²) in [7, 11) is 1.68. The fraction of sp³-hybridized carbons (Fsp3) is 0.238. The Bertz CT molecular complexity index is 1060. The summed E-state index contributed by atoms with van der Waals surface area (Å²) < 4.78 is 0. The van der Waals surface area contributed by atoms with Crippen molar-refractivity contribution in [3.8, 4) is 0 Å². The van der Waals surface area contributed by atoms with Crippen molar-refractivity contribution in [1.29, 1.82) is 0 Å². The molecule has 0 aliphatic heterocycles. The molecule has 1 amide bonds. The molecule has 0 unspecified atom stereocenters. The highest BCUT2D eigenvalue weighted by Gasteiger charge is 2.21. The number of aliphatic imine (C=N–C) groups is 1. The van der Waals surface area contributed by atoms with Crippen LogP contribution < -0.4 is 10.6 Å². The molecular formula is C21H23N7O. The highest BCUT2D eigenvalue weighted by Crippen LogP contribution is 2.26. The zero-order valence-electron chi connectivity index (χ0n) is 17.1. The number of carbonyl (C=O) groups is 1. The van der Waals surface area contributed by atoms with Crippen molar-refractivity contribution < 1.29 is 4.79 Å². The van der Waals surface area contributed by atoms with Gasteiger partial charge in [0, 0.05) is 24.7 Å². The Hall–Kier alpha value is -3.68. The smallest absolute Gasteiger partial charge is 0.256 e. The zero-order valence-corrected chi connectivity index (χ0v) is 17.1. The van der Waals surface area contributed by atoms with Crippen LogP contribution in [-0.4, -0.2) is 38.6 Å². The molecule has 3 aromatic rings. The van der Waals surface area contributed by atoms with Gasteiger partial charge < -0.3 is 10.6 Å². The molecular weight excluding hydrogens is 366 g/mol. The Balaban J connectivity index is 2.09. The van der Waals surface area contributed by atoms with Gasteiger partial charge in [0.05, 0.1) is 40.6 Å². The van der Waals surface area contributed by atoms with Gasteiger partial charge in [-0.3, -0.25) is 14.8 Å². The minimum absolute atomic E-state index is 0.250. The van der Waals surface area contributed by atoms with Crippen molar-refractivity contribution in [2.45, 2.75) is 27.7 Å². The molecule has 3 heterocycles. The van der Waals surface area contributed by atoms with E-state index in [0.717, 1.165) is 11.3 Å². The second kappa shape index (κ2) is 8.55. The number of nitrogens with one attached hydrogen (secondary N) is 2. The average Bonchev–Trinajstić information content (AvgIpc) is 2.70. The number of pyridine rings is 2. The molecule has 0 spiro atoms. The molecule has 0 saturated heterocycles. The number of amides is 1. The third-order valence-electron chi connectivity index (χ3n) is 4.50. The lowest BCUT2D eigenvalue weighted by Gasteiger charge is -2.17. The number of nitrogens with zero attached hydrogens (tertiary/aromatic N) is 5. The first kappa shape index (κ1) is 20.1. The minimum atomic E-state index is -0.250. The zero-order chi connectivity index (χ0) is 21.0. The number of hydrogen-bond donors (Lipinski definition) is 2. The van der Waals surface area contributed by atoms with Crippen LogP contribution in [-0.2, 0) is 0 Å². The van der Waals surface area contributed by atoms with Crippen LogP contribution in [0.1, 0.15) is 39.8 Å². The molecule has 0 atom stereocenters. The van der Waals surface area contributed by atoms with Gasteiger partial charge in [0.15, 0.2) is 0 Å². The minimum Gasteiger partial charge on any atom is -0.337 e. The molecule has 2 N–H and O–H groups in total. The number of anilines is 3. The van der Waals surface area contributed by atoms with E-state index in [4.69, 9.17) is 0 Å². The maximum absolute atomic E-state index is 13.2. The molecule has 29 heavy (non-hydrogen) atoms. The summed E-state index contributed by atoms with van der Waals surface area (Å²) in [5, 5.41) is 6.20. The standard InChI is InChI=1S/C21H23N7O/c1-12-6-7-25-15(4)19(12)28-21(29)17-8-13(2)26-20(18(17)14(3)22-5)27-16-9-23-11-24-10-16/h6-11H,1-5H3,(H,26,27)(H,28,29). The van der Waals surface area contributed by atoms with Crippen molar-refractivity contribution in [2.75, 3.05) is 17.7 Å². The SMILES string of the molecule is CN=C(C)c1c(C(=O)Nc2c(C)ccnc2C)cc(C)nc1Nc1cncnc1. The van der Waals surface area contributed by atoms with Crippen LogP contribution in [0.2, 0.25) is 0 Å². The Kier molecular flexibility index (Phi) is 5.92. The van der Waals surface area contributed by atoms with Crippen molar-refractivity contribution in [1.82, 2.24) is 19.9 Å². The van der Waals surface area contributed by atoms with E-state index in [1.807, 2.05) is 33.8 Å². The van der Waals surface area contributed by atoms with E-state index in [0.29, 0.717) is 39.7 Å². The summed E-state index contributed by atoms with van der Waals surface area (Å²) in [6.07, 6.45) is 6.45. The summed E-state index contributed by atoms with van der Waals surface area (Å²) in [4.78, 5) is 34.4. The van der Waals surface area contributed by atoms with E-state index in [1.165, 1.54) is 6.33 Å². The summed E-state index contributed by atoms with van der Waals surface area (Å²) in [5.41, 5.74) is 5.55. The monoisotopic (exact) mass is 389 g/mol. The molecule has 0 bridgehead atoms. The van der Waals surface area contributed by atoms with Gasteiger partial charge >= 0.3 is 0 Å². The fourth-order valence-corrected chi connectivity index (χ4v) is 2.99. The lowest BCUT2D eigenvalue weighted by molar-refractivity contribution is 0.102. The van der Waals surface area contributed by atoms with Gasteiger partial charge in [-0.2, -0.15) is 0 Å². The van der Waals surface area contributed by atoms with Gasteiger partial charge in [0.2, 0.25) is 0 Å². The lowest BCUT2D eigenvalue weighted by atomic mass is 10.0. The number of aromatic nitrogens is 4. The van der Waals surface area contributed by atoms with Crippen LogP contribution in [0.4, 0.5) is 17.2 Å². The van der Waals surface area contributed by atoms with Gasteiger partial charge in [-0.05, 0) is 45.4 Å². The predicted octanol–water partition coefficient (Wildman–Crippen LogP) is 3.63. The number of carbonyl (C=O) groups excluding carboxylic acids is 1. The highest BCUT2D eigenvalue weighted by atomic mass is 16.1. The van der Waals surface area contributed by atoms with Crippen molar-refractivity contribution in [3.05, 3.63) is 65.1 Å². The fourth-order valence-electron chi connectivity index (χ4n) is 2.99. The van der Waals surface area contributed by atoms with Crippen molar-refractivity contribution in [3.63, 3.8) is 0 Å². The van der Waals surface area contributed by atoms with Crippen LogP contribution in [0.3, 0.4) is 0 Å². The molecule has 8 heteroatoms. The third-order valence-corrected chi connectivity index (χ3v) is 4.50. The first-order valence-corrected chi connectivity index (χ1v) is 9.11. The Morgan fingerprint density at radius 2 is 1.86 bits per heavy atom. The summed E-state index contributed by atoms with van der Waals surface area (Å²) in [6, 6.07) is 3.62. The van der Waals surface area contributed by atoms with Crippen LogP contribution in [0, 0.1) is 20.8 Å². The predicted molar refractivity (Wildman–Crippen MR) is 114 cm³/mol. The summed E-state index contributed by atoms with van der Waals surface area (Å²) in [6.45, 7) is 7.48. The van der Waals surface area contributed by atoms with Crippen LogP contribution in [0.15, 0.2) is 42.0 Å². The van der Waals surface area contributed by atoms with Gasteiger partial charge in [-0.25, -0.2) is 15.0 Å². The summed E-state index contributed by atoms with van der Waals surface area (Å²) >= 11 is 0. The Labute approximate surface area is 169 Å². The van der Waals surface area contributed by atoms with Crippen molar-refractivity contribution >= 4 is 28.8 Å². The molecule has 8 nitrogen and oxygen atoms in total.